The molecule has 4 heteroatoms. The molecule has 0 unspecified atom stereocenters. The fourth-order valence-electron chi connectivity index (χ4n) is 1.03. The molecule has 1 heterocycles. The molecule has 0 amide bonds. The van der Waals surface area contributed by atoms with E-state index in [-0.39, 0.29) is 11.0 Å². The minimum absolute atomic E-state index is 0.00926. The first kappa shape index (κ1) is 9.03. The lowest BCUT2D eigenvalue weighted by molar-refractivity contribution is 0.562. The Kier molecular flexibility index (Phi) is 2.08. The van der Waals surface area contributed by atoms with Crippen LogP contribution >= 0.6 is 0 Å². The minimum atomic E-state index is -0.173. The number of aromatic nitrogens is 3. The molecule has 1 N–H and O–H groups in total. The number of hydrogen-bond donors (Lipinski definition) is 1. The number of nitrogens with one attached hydrogen (secondary N) is 1. The van der Waals surface area contributed by atoms with Crippen LogP contribution in [0.5, 0.6) is 0 Å². The van der Waals surface area contributed by atoms with Crippen LogP contribution in [0.25, 0.3) is 0 Å². The predicted octanol–water partition coefficient (Wildman–Crippen LogP) is 0.889. The molecule has 0 radical (unpaired) electrons. The standard InChI is InChI=1S/C8H15N3O/c1-5-11-7(12)6(9-10-11)8(2,3)4/h10H,5H2,1-4H3. The van der Waals surface area contributed by atoms with Gasteiger partial charge in [-0.3, -0.25) is 4.79 Å². The van der Waals surface area contributed by atoms with Gasteiger partial charge in [-0.05, 0) is 6.92 Å². The van der Waals surface area contributed by atoms with Crippen molar-refractivity contribution in [2.45, 2.75) is 39.7 Å². The minimum Gasteiger partial charge on any atom is -0.266 e. The van der Waals surface area contributed by atoms with Crippen molar-refractivity contribution in [3.63, 3.8) is 0 Å². The summed E-state index contributed by atoms with van der Waals surface area (Å²) < 4.78 is 1.50. The highest BCUT2D eigenvalue weighted by molar-refractivity contribution is 5.06. The largest absolute Gasteiger partial charge is 0.290 e. The molecule has 0 aliphatic heterocycles. The second-order valence-corrected chi connectivity index (χ2v) is 3.86. The SMILES string of the molecule is CCn1[nH]nc(C(C)(C)C)c1=O. The fraction of sp³-hybridized carbons (Fsp3) is 0.750. The maximum atomic E-state index is 11.5. The Morgan fingerprint density at radius 2 is 2.08 bits per heavy atom. The van der Waals surface area contributed by atoms with E-state index in [1.165, 1.54) is 4.68 Å². The number of aryl methyl sites for hydroxylation is 1. The highest BCUT2D eigenvalue weighted by Gasteiger charge is 2.21. The molecule has 0 bridgehead atoms. The monoisotopic (exact) mass is 169 g/mol. The lowest BCUT2D eigenvalue weighted by Crippen LogP contribution is -2.25. The third-order valence-corrected chi connectivity index (χ3v) is 1.76. The van der Waals surface area contributed by atoms with Gasteiger partial charge < -0.3 is 0 Å². The van der Waals surface area contributed by atoms with Crippen LogP contribution < -0.4 is 5.56 Å². The molecule has 0 fully saturated rings. The van der Waals surface area contributed by atoms with Gasteiger partial charge in [0.1, 0.15) is 5.69 Å². The summed E-state index contributed by atoms with van der Waals surface area (Å²) in [6.45, 7) is 8.48. The summed E-state index contributed by atoms with van der Waals surface area (Å²) in [6.07, 6.45) is 0. The van der Waals surface area contributed by atoms with Crippen LogP contribution in [0.15, 0.2) is 4.79 Å². The zero-order valence-corrected chi connectivity index (χ0v) is 8.01. The molecule has 1 rings (SSSR count). The molecule has 0 aliphatic carbocycles. The molecular weight excluding hydrogens is 154 g/mol. The number of H-pyrrole nitrogens is 1. The lowest BCUT2D eigenvalue weighted by Gasteiger charge is -2.11. The third kappa shape index (κ3) is 1.42. The summed E-state index contributed by atoms with van der Waals surface area (Å²) in [5.74, 6) is 0. The van der Waals surface area contributed by atoms with Gasteiger partial charge in [0, 0.05) is 12.0 Å². The van der Waals surface area contributed by atoms with Crippen LogP contribution in [0.1, 0.15) is 33.4 Å². The van der Waals surface area contributed by atoms with E-state index in [1.807, 2.05) is 27.7 Å². The van der Waals surface area contributed by atoms with Crippen LogP contribution in [0.4, 0.5) is 0 Å². The molecule has 1 aromatic heterocycles. The average molecular weight is 169 g/mol. The van der Waals surface area contributed by atoms with Gasteiger partial charge in [-0.1, -0.05) is 20.8 Å². The second kappa shape index (κ2) is 2.77. The van der Waals surface area contributed by atoms with E-state index < -0.39 is 0 Å². The number of rotatable bonds is 1. The third-order valence-electron chi connectivity index (χ3n) is 1.76. The van der Waals surface area contributed by atoms with Crippen molar-refractivity contribution < 1.29 is 0 Å². The molecular formula is C8H15N3O. The van der Waals surface area contributed by atoms with E-state index in [1.54, 1.807) is 0 Å². The van der Waals surface area contributed by atoms with Crippen LogP contribution in [-0.2, 0) is 12.0 Å². The van der Waals surface area contributed by atoms with E-state index in [0.717, 1.165) is 0 Å². The summed E-state index contributed by atoms with van der Waals surface area (Å²) in [6, 6.07) is 0. The summed E-state index contributed by atoms with van der Waals surface area (Å²) in [5.41, 5.74) is 0.419. The van der Waals surface area contributed by atoms with Crippen molar-refractivity contribution in [1.82, 2.24) is 15.0 Å². The topological polar surface area (TPSA) is 50.7 Å². The molecule has 0 spiro atoms. The Bertz CT molecular complexity index is 316. The molecule has 4 nitrogen and oxygen atoms in total. The summed E-state index contributed by atoms with van der Waals surface area (Å²) in [4.78, 5) is 11.5. The first-order valence-corrected chi connectivity index (χ1v) is 4.12. The van der Waals surface area contributed by atoms with E-state index in [4.69, 9.17) is 0 Å². The highest BCUT2D eigenvalue weighted by Crippen LogP contribution is 2.14. The van der Waals surface area contributed by atoms with Crippen LogP contribution in [0.2, 0.25) is 0 Å². The lowest BCUT2D eigenvalue weighted by atomic mass is 9.93. The van der Waals surface area contributed by atoms with Crippen molar-refractivity contribution in [2.24, 2.45) is 0 Å². The zero-order chi connectivity index (χ0) is 9.35. The average Bonchev–Trinajstić information content (AvgIpc) is 2.29. The van der Waals surface area contributed by atoms with Crippen LogP contribution in [0, 0.1) is 0 Å². The van der Waals surface area contributed by atoms with E-state index in [9.17, 15) is 4.79 Å². The Hall–Kier alpha value is -1.06. The normalized spacial score (nSPS) is 12.0. The Morgan fingerprint density at radius 1 is 1.50 bits per heavy atom. The van der Waals surface area contributed by atoms with Crippen molar-refractivity contribution in [3.05, 3.63) is 16.0 Å². The molecule has 1 aromatic rings. The molecule has 0 aliphatic rings. The van der Waals surface area contributed by atoms with Crippen LogP contribution in [-0.4, -0.2) is 15.0 Å². The van der Waals surface area contributed by atoms with Crippen molar-refractivity contribution >= 4 is 0 Å². The highest BCUT2D eigenvalue weighted by atomic mass is 16.1. The van der Waals surface area contributed by atoms with Gasteiger partial charge in [-0.15, -0.1) is 0 Å². The quantitative estimate of drug-likeness (QED) is 0.678. The molecule has 68 valence electrons. The maximum Gasteiger partial charge on any atom is 0.290 e. The molecule has 0 atom stereocenters. The molecule has 0 saturated carbocycles. The Labute approximate surface area is 71.6 Å². The van der Waals surface area contributed by atoms with E-state index in [2.05, 4.69) is 10.3 Å². The maximum absolute atomic E-state index is 11.5. The summed E-state index contributed by atoms with van der Waals surface area (Å²) in [5, 5.41) is 6.67. The number of aromatic amines is 1. The molecule has 0 aromatic carbocycles. The first-order valence-electron chi connectivity index (χ1n) is 4.12. The first-order chi connectivity index (χ1) is 5.46. The van der Waals surface area contributed by atoms with E-state index >= 15 is 0 Å². The van der Waals surface area contributed by atoms with Gasteiger partial charge in [0.25, 0.3) is 5.56 Å². The summed E-state index contributed by atoms with van der Waals surface area (Å²) >= 11 is 0. The van der Waals surface area contributed by atoms with Gasteiger partial charge in [-0.25, -0.2) is 9.90 Å². The van der Waals surface area contributed by atoms with Crippen molar-refractivity contribution in [2.75, 3.05) is 0 Å². The Balaban J connectivity index is 3.21. The predicted molar refractivity (Wildman–Crippen MR) is 47.2 cm³/mol. The molecule has 12 heavy (non-hydrogen) atoms. The van der Waals surface area contributed by atoms with Crippen molar-refractivity contribution in [3.8, 4) is 0 Å². The van der Waals surface area contributed by atoms with Crippen molar-refractivity contribution in [1.29, 1.82) is 0 Å². The number of nitrogens with zero attached hydrogens (tertiary/aromatic N) is 2. The van der Waals surface area contributed by atoms with Gasteiger partial charge >= 0.3 is 0 Å². The zero-order valence-electron chi connectivity index (χ0n) is 8.01. The Morgan fingerprint density at radius 3 is 2.33 bits per heavy atom. The van der Waals surface area contributed by atoms with E-state index in [0.29, 0.717) is 12.2 Å². The van der Waals surface area contributed by atoms with Gasteiger partial charge in [-0.2, -0.15) is 5.10 Å². The fourth-order valence-corrected chi connectivity index (χ4v) is 1.03. The van der Waals surface area contributed by atoms with Gasteiger partial charge in [0.15, 0.2) is 0 Å². The second-order valence-electron chi connectivity index (χ2n) is 3.86. The smallest absolute Gasteiger partial charge is 0.266 e. The number of hydrogen-bond acceptors (Lipinski definition) is 2. The van der Waals surface area contributed by atoms with Gasteiger partial charge in [0.2, 0.25) is 0 Å². The van der Waals surface area contributed by atoms with Gasteiger partial charge in [0.05, 0.1) is 0 Å². The summed E-state index contributed by atoms with van der Waals surface area (Å²) in [7, 11) is 0. The van der Waals surface area contributed by atoms with Crippen LogP contribution in [0.3, 0.4) is 0 Å². The molecule has 0 saturated heterocycles.